The highest BCUT2D eigenvalue weighted by molar-refractivity contribution is 7.89. The molecule has 0 bridgehead atoms. The molecule has 5 nitrogen and oxygen atoms in total. The number of rotatable bonds is 6. The van der Waals surface area contributed by atoms with Crippen molar-refractivity contribution in [1.82, 2.24) is 0 Å². The largest absolute Gasteiger partial charge is 0.399 e. The average Bonchev–Trinajstić information content (AvgIpc) is 3.22. The molecule has 6 heteroatoms. The first-order valence-electron chi connectivity index (χ1n) is 7.11. The highest BCUT2D eigenvalue weighted by atomic mass is 32.2. The summed E-state index contributed by atoms with van der Waals surface area (Å²) >= 11 is 0. The van der Waals surface area contributed by atoms with Crippen LogP contribution in [0.3, 0.4) is 0 Å². The molecule has 0 aromatic heterocycles. The Morgan fingerprint density at radius 3 is 2.10 bits per heavy atom. The van der Waals surface area contributed by atoms with Crippen LogP contribution in [-0.2, 0) is 10.0 Å². The molecule has 0 aliphatic heterocycles. The van der Waals surface area contributed by atoms with E-state index in [4.69, 9.17) is 10.9 Å². The van der Waals surface area contributed by atoms with Crippen LogP contribution in [0.4, 0.5) is 11.4 Å². The smallest absolute Gasteiger partial charge is 0.240 e. The first kappa shape index (κ1) is 13.7. The second-order valence-corrected chi connectivity index (χ2v) is 7.59. The first-order valence-corrected chi connectivity index (χ1v) is 8.65. The third-order valence-electron chi connectivity index (χ3n) is 3.98. The van der Waals surface area contributed by atoms with E-state index in [1.54, 1.807) is 12.1 Å². The Hall–Kier alpha value is -1.27. The van der Waals surface area contributed by atoms with Crippen LogP contribution in [0.1, 0.15) is 25.7 Å². The Morgan fingerprint density at radius 2 is 1.65 bits per heavy atom. The van der Waals surface area contributed by atoms with Crippen molar-refractivity contribution in [2.24, 2.45) is 17.0 Å². The lowest BCUT2D eigenvalue weighted by Crippen LogP contribution is -2.30. The number of nitrogens with zero attached hydrogens (tertiary/aromatic N) is 1. The molecule has 1 aromatic carbocycles. The van der Waals surface area contributed by atoms with Crippen molar-refractivity contribution < 1.29 is 8.42 Å². The van der Waals surface area contributed by atoms with Crippen LogP contribution >= 0.6 is 0 Å². The lowest BCUT2D eigenvalue weighted by molar-refractivity contribution is 0.596. The van der Waals surface area contributed by atoms with E-state index in [2.05, 4.69) is 4.90 Å². The monoisotopic (exact) mass is 295 g/mol. The molecule has 0 radical (unpaired) electrons. The van der Waals surface area contributed by atoms with E-state index >= 15 is 0 Å². The minimum Gasteiger partial charge on any atom is -0.399 e. The van der Waals surface area contributed by atoms with Gasteiger partial charge in [0.2, 0.25) is 10.0 Å². The third-order valence-corrected chi connectivity index (χ3v) is 4.92. The van der Waals surface area contributed by atoms with Gasteiger partial charge in [-0.1, -0.05) is 0 Å². The summed E-state index contributed by atoms with van der Waals surface area (Å²) in [6.45, 7) is 1.84. The van der Waals surface area contributed by atoms with Crippen LogP contribution in [0.25, 0.3) is 0 Å². The van der Waals surface area contributed by atoms with Gasteiger partial charge in [0.05, 0.1) is 5.69 Å². The lowest BCUT2D eigenvalue weighted by Gasteiger charge is -2.27. The van der Waals surface area contributed by atoms with Gasteiger partial charge in [0.1, 0.15) is 4.90 Å². The summed E-state index contributed by atoms with van der Waals surface area (Å²) in [5, 5.41) is 5.35. The number of anilines is 2. The van der Waals surface area contributed by atoms with Crippen LogP contribution in [0.5, 0.6) is 0 Å². The van der Waals surface area contributed by atoms with Crippen LogP contribution < -0.4 is 15.8 Å². The van der Waals surface area contributed by atoms with Crippen LogP contribution in [0.15, 0.2) is 23.1 Å². The van der Waals surface area contributed by atoms with Gasteiger partial charge in [-0.25, -0.2) is 13.6 Å². The summed E-state index contributed by atoms with van der Waals surface area (Å²) in [5.41, 5.74) is 6.85. The fourth-order valence-corrected chi connectivity index (χ4v) is 3.30. The molecular weight excluding hydrogens is 274 g/mol. The number of sulfonamides is 1. The molecule has 2 aliphatic carbocycles. The van der Waals surface area contributed by atoms with Crippen molar-refractivity contribution in [3.63, 3.8) is 0 Å². The summed E-state index contributed by atoms with van der Waals surface area (Å²) in [7, 11) is -3.75. The molecule has 3 rings (SSSR count). The molecule has 4 N–H and O–H groups in total. The topological polar surface area (TPSA) is 89.4 Å². The number of nitrogen functional groups attached to an aromatic ring is 1. The molecule has 0 amide bonds. The Labute approximate surface area is 120 Å². The van der Waals surface area contributed by atoms with E-state index in [0.29, 0.717) is 23.2 Å². The van der Waals surface area contributed by atoms with E-state index in [9.17, 15) is 8.42 Å². The summed E-state index contributed by atoms with van der Waals surface area (Å²) in [6, 6.07) is 5.01. The fraction of sp³-hybridized carbons (Fsp3) is 0.571. The van der Waals surface area contributed by atoms with Crippen molar-refractivity contribution in [1.29, 1.82) is 0 Å². The van der Waals surface area contributed by atoms with Crippen LogP contribution in [-0.4, -0.2) is 21.5 Å². The standard InChI is InChI=1S/C14H21N3O2S/c15-12-5-6-13(14(7-12)20(16,18)19)17(8-10-1-2-10)9-11-3-4-11/h5-7,10-11H,1-4,8-9,15H2,(H2,16,18,19). The predicted octanol–water partition coefficient (Wildman–Crippen LogP) is 1.54. The second kappa shape index (κ2) is 4.93. The average molecular weight is 295 g/mol. The van der Waals surface area contributed by atoms with Gasteiger partial charge >= 0.3 is 0 Å². The molecule has 0 heterocycles. The summed E-state index contributed by atoms with van der Waals surface area (Å²) in [6.07, 6.45) is 4.95. The maximum atomic E-state index is 11.8. The van der Waals surface area contributed by atoms with E-state index in [1.165, 1.54) is 31.7 Å². The highest BCUT2D eigenvalue weighted by Crippen LogP contribution is 2.37. The van der Waals surface area contributed by atoms with Crippen molar-refractivity contribution in [3.05, 3.63) is 18.2 Å². The quantitative estimate of drug-likeness (QED) is 0.779. The molecule has 0 unspecified atom stereocenters. The molecule has 1 aromatic rings. The molecule has 0 saturated heterocycles. The zero-order valence-corrected chi connectivity index (χ0v) is 12.3. The second-order valence-electron chi connectivity index (χ2n) is 6.06. The zero-order valence-electron chi connectivity index (χ0n) is 11.5. The van der Waals surface area contributed by atoms with E-state index in [1.807, 2.05) is 0 Å². The SMILES string of the molecule is Nc1ccc(N(CC2CC2)CC2CC2)c(S(N)(=O)=O)c1. The summed E-state index contributed by atoms with van der Waals surface area (Å²) < 4.78 is 23.6. The molecule has 0 atom stereocenters. The van der Waals surface area contributed by atoms with Gasteiger partial charge in [-0.2, -0.15) is 0 Å². The van der Waals surface area contributed by atoms with Crippen molar-refractivity contribution in [3.8, 4) is 0 Å². The molecule has 2 aliphatic rings. The number of primary sulfonamides is 1. The van der Waals surface area contributed by atoms with Gasteiger partial charge in [0, 0.05) is 18.8 Å². The minimum absolute atomic E-state index is 0.152. The van der Waals surface area contributed by atoms with Crippen molar-refractivity contribution in [2.45, 2.75) is 30.6 Å². The first-order chi connectivity index (χ1) is 9.43. The van der Waals surface area contributed by atoms with Gasteiger partial charge in [-0.05, 0) is 55.7 Å². The molecule has 0 spiro atoms. The van der Waals surface area contributed by atoms with E-state index in [-0.39, 0.29) is 4.90 Å². The number of benzene rings is 1. The minimum atomic E-state index is -3.75. The van der Waals surface area contributed by atoms with Gasteiger partial charge in [-0.15, -0.1) is 0 Å². The van der Waals surface area contributed by atoms with Gasteiger partial charge in [0.15, 0.2) is 0 Å². The molecule has 2 saturated carbocycles. The number of hydrogen-bond acceptors (Lipinski definition) is 4. The molecular formula is C14H21N3O2S. The van der Waals surface area contributed by atoms with E-state index in [0.717, 1.165) is 13.1 Å². The Kier molecular flexibility index (Phi) is 3.38. The zero-order chi connectivity index (χ0) is 14.3. The normalized spacial score (nSPS) is 19.1. The van der Waals surface area contributed by atoms with Gasteiger partial charge in [-0.3, -0.25) is 0 Å². The fourth-order valence-electron chi connectivity index (χ4n) is 2.52. The molecule has 20 heavy (non-hydrogen) atoms. The van der Waals surface area contributed by atoms with Gasteiger partial charge < -0.3 is 10.6 Å². The summed E-state index contributed by atoms with van der Waals surface area (Å²) in [4.78, 5) is 2.34. The van der Waals surface area contributed by atoms with E-state index < -0.39 is 10.0 Å². The third kappa shape index (κ3) is 3.24. The maximum Gasteiger partial charge on any atom is 0.240 e. The highest BCUT2D eigenvalue weighted by Gasteiger charge is 2.31. The summed E-state index contributed by atoms with van der Waals surface area (Å²) in [5.74, 6) is 1.39. The Bertz CT molecular complexity index is 593. The Balaban J connectivity index is 1.95. The van der Waals surface area contributed by atoms with Crippen LogP contribution in [0.2, 0.25) is 0 Å². The van der Waals surface area contributed by atoms with Crippen molar-refractivity contribution in [2.75, 3.05) is 23.7 Å². The van der Waals surface area contributed by atoms with Gasteiger partial charge in [0.25, 0.3) is 0 Å². The Morgan fingerprint density at radius 1 is 1.10 bits per heavy atom. The number of nitrogens with two attached hydrogens (primary N) is 2. The number of hydrogen-bond donors (Lipinski definition) is 2. The van der Waals surface area contributed by atoms with Crippen LogP contribution in [0, 0.1) is 11.8 Å². The maximum absolute atomic E-state index is 11.8. The molecule has 2 fully saturated rings. The van der Waals surface area contributed by atoms with Crippen molar-refractivity contribution >= 4 is 21.4 Å². The predicted molar refractivity (Wildman–Crippen MR) is 79.9 cm³/mol. The molecule has 110 valence electrons. The lowest BCUT2D eigenvalue weighted by atomic mass is 10.2.